The molecule has 0 radical (unpaired) electrons. The van der Waals surface area contributed by atoms with E-state index in [4.69, 9.17) is 9.47 Å². The zero-order valence-corrected chi connectivity index (χ0v) is 10.3. The summed E-state index contributed by atoms with van der Waals surface area (Å²) < 4.78 is 9.70. The van der Waals surface area contributed by atoms with Gasteiger partial charge in [-0.2, -0.15) is 0 Å². The molecule has 1 unspecified atom stereocenters. The Morgan fingerprint density at radius 1 is 1.26 bits per heavy atom. The number of hydrogen-bond acceptors (Lipinski definition) is 5. The van der Waals surface area contributed by atoms with Gasteiger partial charge >= 0.3 is 11.9 Å². The first-order valence-electron chi connectivity index (χ1n) is 6.10. The number of Topliss-reactive ketones (excluding diaryl/α,β-unsaturated/α-hetero) is 1. The van der Waals surface area contributed by atoms with Crippen molar-refractivity contribution in [3.05, 3.63) is 35.9 Å². The van der Waals surface area contributed by atoms with Gasteiger partial charge in [0.25, 0.3) is 0 Å². The molecule has 100 valence electrons. The molecule has 1 aliphatic rings. The number of rotatable bonds is 4. The molecule has 0 N–H and O–H groups in total. The Bertz CT molecular complexity index is 480. The van der Waals surface area contributed by atoms with E-state index in [1.807, 2.05) is 0 Å². The maximum absolute atomic E-state index is 11.8. The molecule has 19 heavy (non-hydrogen) atoms. The van der Waals surface area contributed by atoms with Crippen LogP contribution in [-0.4, -0.2) is 30.9 Å². The van der Waals surface area contributed by atoms with E-state index in [1.165, 1.54) is 0 Å². The summed E-state index contributed by atoms with van der Waals surface area (Å²) >= 11 is 0. The van der Waals surface area contributed by atoms with Crippen molar-refractivity contribution in [3.8, 4) is 0 Å². The monoisotopic (exact) mass is 262 g/mol. The summed E-state index contributed by atoms with van der Waals surface area (Å²) in [4.78, 5) is 34.8. The highest BCUT2D eigenvalue weighted by Gasteiger charge is 2.31. The van der Waals surface area contributed by atoms with Crippen LogP contribution in [0.15, 0.2) is 30.3 Å². The third kappa shape index (κ3) is 3.40. The molecule has 0 aliphatic carbocycles. The van der Waals surface area contributed by atoms with Crippen LogP contribution in [0, 0.1) is 5.92 Å². The number of cyclic esters (lactones) is 1. The molecule has 1 aliphatic heterocycles. The van der Waals surface area contributed by atoms with Crippen LogP contribution in [0.5, 0.6) is 0 Å². The average molecular weight is 262 g/mol. The third-order valence-corrected chi connectivity index (χ3v) is 2.91. The van der Waals surface area contributed by atoms with Crippen molar-refractivity contribution in [3.63, 3.8) is 0 Å². The van der Waals surface area contributed by atoms with Gasteiger partial charge in [0.05, 0.1) is 12.2 Å². The van der Waals surface area contributed by atoms with Gasteiger partial charge in [-0.25, -0.2) is 4.79 Å². The second-order valence-electron chi connectivity index (χ2n) is 4.27. The summed E-state index contributed by atoms with van der Waals surface area (Å²) in [7, 11) is 0. The van der Waals surface area contributed by atoms with Crippen molar-refractivity contribution in [1.29, 1.82) is 0 Å². The highest BCUT2D eigenvalue weighted by atomic mass is 16.5. The second kappa shape index (κ2) is 6.13. The molecule has 2 rings (SSSR count). The lowest BCUT2D eigenvalue weighted by atomic mass is 9.97. The van der Waals surface area contributed by atoms with Crippen LogP contribution < -0.4 is 0 Å². The molecule has 0 spiro atoms. The molecule has 0 saturated carbocycles. The highest BCUT2D eigenvalue weighted by Crippen LogP contribution is 2.16. The molecule has 1 atom stereocenters. The second-order valence-corrected chi connectivity index (χ2v) is 4.27. The Kier molecular flexibility index (Phi) is 4.28. The summed E-state index contributed by atoms with van der Waals surface area (Å²) in [5, 5.41) is 0. The zero-order valence-electron chi connectivity index (χ0n) is 10.3. The summed E-state index contributed by atoms with van der Waals surface area (Å²) in [5.41, 5.74) is 0.376. The van der Waals surface area contributed by atoms with Gasteiger partial charge in [-0.05, 0) is 25.0 Å². The lowest BCUT2D eigenvalue weighted by Crippen LogP contribution is -2.33. The van der Waals surface area contributed by atoms with Gasteiger partial charge in [0.2, 0.25) is 0 Å². The van der Waals surface area contributed by atoms with E-state index in [2.05, 4.69) is 0 Å². The van der Waals surface area contributed by atoms with Crippen molar-refractivity contribution < 1.29 is 23.9 Å². The minimum Gasteiger partial charge on any atom is -0.465 e. The van der Waals surface area contributed by atoms with E-state index < -0.39 is 30.2 Å². The Morgan fingerprint density at radius 2 is 2.00 bits per heavy atom. The first kappa shape index (κ1) is 13.3. The SMILES string of the molecule is O=C(OCC(=O)C1CCCOC1=O)c1ccccc1. The smallest absolute Gasteiger partial charge is 0.338 e. The predicted molar refractivity (Wildman–Crippen MR) is 65.4 cm³/mol. The number of hydrogen-bond donors (Lipinski definition) is 0. The van der Waals surface area contributed by atoms with Gasteiger partial charge in [-0.15, -0.1) is 0 Å². The quantitative estimate of drug-likeness (QED) is 0.605. The van der Waals surface area contributed by atoms with Gasteiger partial charge in [-0.1, -0.05) is 18.2 Å². The van der Waals surface area contributed by atoms with Crippen LogP contribution in [0.2, 0.25) is 0 Å². The van der Waals surface area contributed by atoms with E-state index in [9.17, 15) is 14.4 Å². The fraction of sp³-hybridized carbons (Fsp3) is 0.357. The Balaban J connectivity index is 1.86. The third-order valence-electron chi connectivity index (χ3n) is 2.91. The van der Waals surface area contributed by atoms with Crippen LogP contribution in [-0.2, 0) is 19.1 Å². The summed E-state index contributed by atoms with van der Waals surface area (Å²) in [5.74, 6) is -2.29. The lowest BCUT2D eigenvalue weighted by molar-refractivity contribution is -0.157. The molecule has 1 aromatic rings. The fourth-order valence-corrected chi connectivity index (χ4v) is 1.87. The van der Waals surface area contributed by atoms with Crippen LogP contribution in [0.25, 0.3) is 0 Å². The van der Waals surface area contributed by atoms with Gasteiger partial charge in [0.1, 0.15) is 5.92 Å². The van der Waals surface area contributed by atoms with Crippen LogP contribution in [0.1, 0.15) is 23.2 Å². The Hall–Kier alpha value is -2.17. The molecule has 1 saturated heterocycles. The molecule has 1 heterocycles. The van der Waals surface area contributed by atoms with Gasteiger partial charge in [0, 0.05) is 0 Å². The average Bonchev–Trinajstić information content (AvgIpc) is 2.46. The molecule has 0 amide bonds. The largest absolute Gasteiger partial charge is 0.465 e. The molecule has 1 aromatic carbocycles. The van der Waals surface area contributed by atoms with E-state index in [-0.39, 0.29) is 0 Å². The lowest BCUT2D eigenvalue weighted by Gasteiger charge is -2.19. The zero-order chi connectivity index (χ0) is 13.7. The molecule has 5 nitrogen and oxygen atoms in total. The van der Waals surface area contributed by atoms with Gasteiger partial charge < -0.3 is 9.47 Å². The summed E-state index contributed by atoms with van der Waals surface area (Å²) in [6, 6.07) is 8.39. The van der Waals surface area contributed by atoms with Crippen LogP contribution in [0.3, 0.4) is 0 Å². The summed E-state index contributed by atoms with van der Waals surface area (Å²) in [6.07, 6.45) is 1.12. The molecule has 1 fully saturated rings. The molecular weight excluding hydrogens is 248 g/mol. The maximum Gasteiger partial charge on any atom is 0.338 e. The van der Waals surface area contributed by atoms with Crippen LogP contribution >= 0.6 is 0 Å². The maximum atomic E-state index is 11.8. The normalized spacial score (nSPS) is 18.5. The van der Waals surface area contributed by atoms with Crippen molar-refractivity contribution in [2.45, 2.75) is 12.8 Å². The van der Waals surface area contributed by atoms with Crippen LogP contribution in [0.4, 0.5) is 0 Å². The van der Waals surface area contributed by atoms with Crippen molar-refractivity contribution >= 4 is 17.7 Å². The number of ketones is 1. The standard InChI is InChI=1S/C14H14O5/c15-12(11-7-4-8-18-14(11)17)9-19-13(16)10-5-2-1-3-6-10/h1-3,5-6,11H,4,7-9H2. The van der Waals surface area contributed by atoms with Gasteiger partial charge in [-0.3, -0.25) is 9.59 Å². The number of ether oxygens (including phenoxy) is 2. The molecular formula is C14H14O5. The molecule has 5 heteroatoms. The van der Waals surface area contributed by atoms with E-state index in [0.29, 0.717) is 25.0 Å². The molecule has 0 bridgehead atoms. The Morgan fingerprint density at radius 3 is 2.68 bits per heavy atom. The van der Waals surface area contributed by atoms with E-state index in [1.54, 1.807) is 30.3 Å². The Labute approximate surface area is 110 Å². The van der Waals surface area contributed by atoms with Crippen molar-refractivity contribution in [2.75, 3.05) is 13.2 Å². The number of carbonyl (C=O) groups is 3. The first-order valence-corrected chi connectivity index (χ1v) is 6.10. The highest BCUT2D eigenvalue weighted by molar-refractivity contribution is 6.01. The predicted octanol–water partition coefficient (Wildman–Crippen LogP) is 1.37. The number of carbonyl (C=O) groups excluding carboxylic acids is 3. The first-order chi connectivity index (χ1) is 9.18. The van der Waals surface area contributed by atoms with E-state index >= 15 is 0 Å². The summed E-state index contributed by atoms with van der Waals surface area (Å²) in [6.45, 7) is -0.0418. The van der Waals surface area contributed by atoms with Crippen molar-refractivity contribution in [2.24, 2.45) is 5.92 Å². The fourth-order valence-electron chi connectivity index (χ4n) is 1.87. The topological polar surface area (TPSA) is 69.7 Å². The minimum atomic E-state index is -0.794. The number of esters is 2. The van der Waals surface area contributed by atoms with E-state index in [0.717, 1.165) is 0 Å². The minimum absolute atomic E-state index is 0.354. The van der Waals surface area contributed by atoms with Crippen molar-refractivity contribution in [1.82, 2.24) is 0 Å². The van der Waals surface area contributed by atoms with Gasteiger partial charge in [0.15, 0.2) is 12.4 Å². The number of benzene rings is 1. The molecule has 0 aromatic heterocycles.